The first-order valence-electron chi connectivity index (χ1n) is 7.64. The van der Waals surface area contributed by atoms with E-state index in [0.29, 0.717) is 5.92 Å². The van der Waals surface area contributed by atoms with Gasteiger partial charge in [-0.25, -0.2) is 0 Å². The highest BCUT2D eigenvalue weighted by Gasteiger charge is 2.53. The van der Waals surface area contributed by atoms with E-state index in [1.54, 1.807) is 5.57 Å². The molecule has 0 amide bonds. The first kappa shape index (κ1) is 11.8. The SMILES string of the molecule is CCCCCC1(N)C(C)C=C2CC3CC1CC23. The second-order valence-corrected chi connectivity index (χ2v) is 6.84. The fourth-order valence-corrected chi connectivity index (χ4v) is 4.69. The van der Waals surface area contributed by atoms with Crippen LogP contribution in [0.25, 0.3) is 0 Å². The Kier molecular flexibility index (Phi) is 2.85. The highest BCUT2D eigenvalue weighted by Crippen LogP contribution is 2.59. The van der Waals surface area contributed by atoms with Crippen LogP contribution in [-0.2, 0) is 0 Å². The number of hydrogen-bond acceptors (Lipinski definition) is 1. The van der Waals surface area contributed by atoms with Gasteiger partial charge in [0.1, 0.15) is 0 Å². The van der Waals surface area contributed by atoms with E-state index in [1.165, 1.54) is 44.9 Å². The Hall–Kier alpha value is -0.300. The first-order chi connectivity index (χ1) is 8.15. The molecular formula is C16H27N. The Balaban J connectivity index is 1.78. The van der Waals surface area contributed by atoms with Gasteiger partial charge in [0.15, 0.2) is 0 Å². The van der Waals surface area contributed by atoms with Gasteiger partial charge in [-0.3, -0.25) is 0 Å². The quantitative estimate of drug-likeness (QED) is 0.578. The maximum absolute atomic E-state index is 6.86. The minimum atomic E-state index is 0.115. The van der Waals surface area contributed by atoms with Gasteiger partial charge in [-0.1, -0.05) is 44.8 Å². The van der Waals surface area contributed by atoms with Crippen molar-refractivity contribution in [1.82, 2.24) is 0 Å². The van der Waals surface area contributed by atoms with Crippen LogP contribution in [0.5, 0.6) is 0 Å². The lowest BCUT2D eigenvalue weighted by atomic mass is 9.66. The smallest absolute Gasteiger partial charge is 0.0244 e. The Morgan fingerprint density at radius 3 is 2.94 bits per heavy atom. The number of hydrogen-bond donors (Lipinski definition) is 1. The zero-order chi connectivity index (χ0) is 12.0. The molecule has 5 atom stereocenters. The summed E-state index contributed by atoms with van der Waals surface area (Å²) in [6, 6.07) is 0. The number of allylic oxidation sites excluding steroid dienone is 1. The van der Waals surface area contributed by atoms with E-state index in [0.717, 1.165) is 17.8 Å². The van der Waals surface area contributed by atoms with E-state index >= 15 is 0 Å². The molecule has 0 aromatic rings. The minimum absolute atomic E-state index is 0.115. The third kappa shape index (κ3) is 1.69. The molecule has 2 saturated carbocycles. The van der Waals surface area contributed by atoms with Gasteiger partial charge in [-0.05, 0) is 49.4 Å². The number of rotatable bonds is 4. The minimum Gasteiger partial charge on any atom is -0.324 e. The molecule has 0 saturated heterocycles. The van der Waals surface area contributed by atoms with Gasteiger partial charge in [0.05, 0.1) is 0 Å². The van der Waals surface area contributed by atoms with Crippen molar-refractivity contribution in [3.05, 3.63) is 11.6 Å². The molecule has 96 valence electrons. The molecule has 5 unspecified atom stereocenters. The van der Waals surface area contributed by atoms with Crippen molar-refractivity contribution < 1.29 is 0 Å². The second-order valence-electron chi connectivity index (χ2n) is 6.84. The Bertz CT molecular complexity index is 332. The van der Waals surface area contributed by atoms with Gasteiger partial charge in [0.25, 0.3) is 0 Å². The van der Waals surface area contributed by atoms with Gasteiger partial charge in [0.2, 0.25) is 0 Å². The largest absolute Gasteiger partial charge is 0.324 e. The van der Waals surface area contributed by atoms with E-state index < -0.39 is 0 Å². The summed E-state index contributed by atoms with van der Waals surface area (Å²) in [6.07, 6.45) is 12.0. The van der Waals surface area contributed by atoms with Gasteiger partial charge in [-0.15, -0.1) is 0 Å². The Morgan fingerprint density at radius 1 is 1.35 bits per heavy atom. The summed E-state index contributed by atoms with van der Waals surface area (Å²) in [7, 11) is 0. The van der Waals surface area contributed by atoms with Crippen LogP contribution in [0, 0.1) is 23.7 Å². The molecule has 0 radical (unpaired) electrons. The van der Waals surface area contributed by atoms with E-state index in [-0.39, 0.29) is 5.54 Å². The normalized spacial score (nSPS) is 47.4. The summed E-state index contributed by atoms with van der Waals surface area (Å²) < 4.78 is 0. The van der Waals surface area contributed by atoms with Crippen molar-refractivity contribution in [1.29, 1.82) is 0 Å². The summed E-state index contributed by atoms with van der Waals surface area (Å²) in [5, 5.41) is 0. The maximum Gasteiger partial charge on any atom is 0.0244 e. The van der Waals surface area contributed by atoms with Crippen LogP contribution in [0.15, 0.2) is 11.6 Å². The van der Waals surface area contributed by atoms with Crippen LogP contribution in [0.3, 0.4) is 0 Å². The fourth-order valence-electron chi connectivity index (χ4n) is 4.69. The molecule has 2 fully saturated rings. The molecule has 0 aliphatic heterocycles. The summed E-state index contributed by atoms with van der Waals surface area (Å²) in [4.78, 5) is 0. The molecule has 3 aliphatic carbocycles. The van der Waals surface area contributed by atoms with Crippen molar-refractivity contribution in [2.75, 3.05) is 0 Å². The predicted molar refractivity (Wildman–Crippen MR) is 72.6 cm³/mol. The number of unbranched alkanes of at least 4 members (excludes halogenated alkanes) is 2. The molecule has 0 heterocycles. The highest BCUT2D eigenvalue weighted by molar-refractivity contribution is 5.28. The molecule has 0 aromatic carbocycles. The molecule has 0 aromatic heterocycles. The van der Waals surface area contributed by atoms with Crippen molar-refractivity contribution in [2.24, 2.45) is 29.4 Å². The van der Waals surface area contributed by atoms with Crippen LogP contribution in [0.4, 0.5) is 0 Å². The van der Waals surface area contributed by atoms with Crippen LogP contribution in [-0.4, -0.2) is 5.54 Å². The van der Waals surface area contributed by atoms with Crippen molar-refractivity contribution in [2.45, 2.75) is 64.3 Å². The van der Waals surface area contributed by atoms with Gasteiger partial charge < -0.3 is 5.73 Å². The molecule has 17 heavy (non-hydrogen) atoms. The Labute approximate surface area is 106 Å². The molecule has 1 nitrogen and oxygen atoms in total. The van der Waals surface area contributed by atoms with E-state index in [4.69, 9.17) is 5.73 Å². The maximum atomic E-state index is 6.86. The number of fused-ring (bicyclic) bond motifs is 1. The molecule has 3 rings (SSSR count). The van der Waals surface area contributed by atoms with E-state index in [9.17, 15) is 0 Å². The van der Waals surface area contributed by atoms with Crippen LogP contribution in [0.2, 0.25) is 0 Å². The van der Waals surface area contributed by atoms with Crippen LogP contribution >= 0.6 is 0 Å². The molecule has 2 N–H and O–H groups in total. The lowest BCUT2D eigenvalue weighted by Gasteiger charge is -2.42. The third-order valence-corrected chi connectivity index (χ3v) is 5.95. The number of nitrogens with two attached hydrogens (primary N) is 1. The summed E-state index contributed by atoms with van der Waals surface area (Å²) >= 11 is 0. The molecular weight excluding hydrogens is 206 g/mol. The molecule has 0 spiro atoms. The monoisotopic (exact) mass is 233 g/mol. The lowest BCUT2D eigenvalue weighted by Crippen LogP contribution is -2.51. The fraction of sp³-hybridized carbons (Fsp3) is 0.875. The molecule has 2 bridgehead atoms. The van der Waals surface area contributed by atoms with Gasteiger partial charge >= 0.3 is 0 Å². The second kappa shape index (κ2) is 4.12. The first-order valence-corrected chi connectivity index (χ1v) is 7.64. The predicted octanol–water partition coefficient (Wildman–Crippen LogP) is 3.89. The van der Waals surface area contributed by atoms with Gasteiger partial charge in [-0.2, -0.15) is 0 Å². The molecule has 3 aliphatic rings. The average Bonchev–Trinajstić information content (AvgIpc) is 2.60. The van der Waals surface area contributed by atoms with Crippen molar-refractivity contribution >= 4 is 0 Å². The van der Waals surface area contributed by atoms with Gasteiger partial charge in [0, 0.05) is 5.54 Å². The van der Waals surface area contributed by atoms with Crippen LogP contribution in [0.1, 0.15) is 58.8 Å². The summed E-state index contributed by atoms with van der Waals surface area (Å²) in [6.45, 7) is 4.65. The zero-order valence-corrected chi connectivity index (χ0v) is 11.4. The van der Waals surface area contributed by atoms with Crippen molar-refractivity contribution in [3.8, 4) is 0 Å². The van der Waals surface area contributed by atoms with Crippen molar-refractivity contribution in [3.63, 3.8) is 0 Å². The topological polar surface area (TPSA) is 26.0 Å². The average molecular weight is 233 g/mol. The highest BCUT2D eigenvalue weighted by atomic mass is 14.8. The van der Waals surface area contributed by atoms with E-state index in [2.05, 4.69) is 19.9 Å². The zero-order valence-electron chi connectivity index (χ0n) is 11.4. The summed E-state index contributed by atoms with van der Waals surface area (Å²) in [5.74, 6) is 3.36. The van der Waals surface area contributed by atoms with Crippen LogP contribution < -0.4 is 5.73 Å². The standard InChI is InChI=1S/C16H27N/c1-3-4-5-6-16(17)11(2)7-12-8-13-9-14(16)10-15(12)13/h7,11,13-15H,3-6,8-10,17H2,1-2H3. The summed E-state index contributed by atoms with van der Waals surface area (Å²) in [5.41, 5.74) is 8.74. The lowest BCUT2D eigenvalue weighted by molar-refractivity contribution is 0.189. The van der Waals surface area contributed by atoms with E-state index in [1.807, 2.05) is 0 Å². The molecule has 1 heteroatoms. The Morgan fingerprint density at radius 2 is 2.18 bits per heavy atom. The third-order valence-electron chi connectivity index (χ3n) is 5.95.